The number of carbonyl (C=O) groups excluding carboxylic acids is 1. The van der Waals surface area contributed by atoms with Crippen LogP contribution in [0.1, 0.15) is 26.7 Å². The molecule has 0 aromatic carbocycles. The molecule has 0 bridgehead atoms. The third kappa shape index (κ3) is 5.60. The molecule has 4 nitrogen and oxygen atoms in total. The van der Waals surface area contributed by atoms with Gasteiger partial charge in [0.15, 0.2) is 0 Å². The summed E-state index contributed by atoms with van der Waals surface area (Å²) in [5, 5.41) is 9.39. The summed E-state index contributed by atoms with van der Waals surface area (Å²) in [5.74, 6) is -0.117. The molecule has 0 saturated heterocycles. The zero-order valence-corrected chi connectivity index (χ0v) is 8.95. The monoisotopic (exact) mass is 188 g/mol. The average Bonchev–Trinajstić information content (AvgIpc) is 2.02. The van der Waals surface area contributed by atoms with Crippen LogP contribution in [0.2, 0.25) is 0 Å². The first kappa shape index (κ1) is 12.4. The summed E-state index contributed by atoms with van der Waals surface area (Å²) in [5.41, 5.74) is 3.95. The van der Waals surface area contributed by atoms with Crippen molar-refractivity contribution < 1.29 is 14.5 Å². The second-order valence-electron chi connectivity index (χ2n) is 3.71. The van der Waals surface area contributed by atoms with Crippen LogP contribution in [0.5, 0.6) is 0 Å². The van der Waals surface area contributed by atoms with Gasteiger partial charge in [0.2, 0.25) is 0 Å². The van der Waals surface area contributed by atoms with Gasteiger partial charge in [-0.2, -0.15) is 0 Å². The van der Waals surface area contributed by atoms with Gasteiger partial charge in [0.05, 0.1) is 26.5 Å². The molecule has 1 N–H and O–H groups in total. The summed E-state index contributed by atoms with van der Waals surface area (Å²) in [6, 6.07) is 0. The van der Waals surface area contributed by atoms with Gasteiger partial charge in [-0.3, -0.25) is 0 Å². The number of hydrogen-bond acceptors (Lipinski definition) is 2. The Labute approximate surface area is 80.1 Å². The van der Waals surface area contributed by atoms with Crippen LogP contribution < -0.4 is 0 Å². The fourth-order valence-electron chi connectivity index (χ4n) is 1.06. The van der Waals surface area contributed by atoms with E-state index in [0.717, 1.165) is 0 Å². The second kappa shape index (κ2) is 5.19. The van der Waals surface area contributed by atoms with E-state index in [1.807, 2.05) is 21.0 Å². The van der Waals surface area contributed by atoms with E-state index in [-0.39, 0.29) is 16.6 Å². The maximum atomic E-state index is 11.0. The van der Waals surface area contributed by atoms with Crippen molar-refractivity contribution in [1.82, 2.24) is 0 Å². The van der Waals surface area contributed by atoms with Crippen LogP contribution in [-0.2, 0) is 4.79 Å². The molecule has 0 spiro atoms. The van der Waals surface area contributed by atoms with Gasteiger partial charge < -0.3 is 19.9 Å². The Morgan fingerprint density at radius 3 is 2.38 bits per heavy atom. The lowest BCUT2D eigenvalue weighted by atomic mass is 10.2. The minimum Gasteiger partial charge on any atom is -0.455 e. The Bertz CT molecular complexity index is 169. The van der Waals surface area contributed by atoms with Crippen LogP contribution in [0.4, 0.5) is 0 Å². The molecule has 4 heteroatoms. The smallest absolute Gasteiger partial charge is 0.102 e. The van der Waals surface area contributed by atoms with Gasteiger partial charge in [-0.15, -0.1) is 0 Å². The van der Waals surface area contributed by atoms with Crippen molar-refractivity contribution in [2.45, 2.75) is 32.8 Å². The first-order chi connectivity index (χ1) is 5.91. The summed E-state index contributed by atoms with van der Waals surface area (Å²) in [6.45, 7) is 4.18. The van der Waals surface area contributed by atoms with Crippen molar-refractivity contribution in [3.8, 4) is 0 Å². The van der Waals surface area contributed by atoms with Crippen LogP contribution in [0, 0.1) is 0 Å². The van der Waals surface area contributed by atoms with Gasteiger partial charge in [0, 0.05) is 0 Å². The molecule has 0 radical (unpaired) electrons. The Balaban J connectivity index is 3.99. The molecule has 1 amide bonds. The zero-order chi connectivity index (χ0) is 10.5. The number of likely N-dealkylation sites (N-methyl/N-ethyl adjacent to an activating group) is 1. The number of amides is 1. The van der Waals surface area contributed by atoms with Gasteiger partial charge in [0.25, 0.3) is 0 Å². The maximum absolute atomic E-state index is 11.0. The Kier molecular flexibility index (Phi) is 4.95. The number of quaternary nitrogens is 1. The van der Waals surface area contributed by atoms with E-state index in [1.165, 1.54) is 0 Å². The molecule has 0 aromatic rings. The number of rotatable bonds is 5. The topological polar surface area (TPSA) is 51.4 Å². The highest BCUT2D eigenvalue weighted by atomic mass is 16.3. The minimum atomic E-state index is -0.386. The number of aliphatic hydroxyl groups is 1. The van der Waals surface area contributed by atoms with Crippen molar-refractivity contribution in [2.75, 3.05) is 20.6 Å². The highest BCUT2D eigenvalue weighted by Gasteiger charge is 2.13. The lowest BCUT2D eigenvalue weighted by Crippen LogP contribution is -2.42. The molecule has 1 unspecified atom stereocenters. The lowest BCUT2D eigenvalue weighted by Gasteiger charge is -2.42. The van der Waals surface area contributed by atoms with Crippen LogP contribution >= 0.6 is 0 Å². The number of carbonyl (C=O) groups is 1. The molecular formula is C9H20N2O2. The van der Waals surface area contributed by atoms with Gasteiger partial charge in [-0.25, -0.2) is 0 Å². The van der Waals surface area contributed by atoms with Gasteiger partial charge >= 0.3 is 0 Å². The molecular weight excluding hydrogens is 168 g/mol. The normalized spacial score (nSPS) is 13.9. The van der Waals surface area contributed by atoms with Gasteiger partial charge in [-0.05, 0) is 12.8 Å². The van der Waals surface area contributed by atoms with E-state index in [0.29, 0.717) is 19.4 Å². The van der Waals surface area contributed by atoms with E-state index < -0.39 is 0 Å². The van der Waals surface area contributed by atoms with Crippen molar-refractivity contribution in [3.63, 3.8) is 0 Å². The molecule has 0 aliphatic heterocycles. The van der Waals surface area contributed by atoms with E-state index >= 15 is 0 Å². The van der Waals surface area contributed by atoms with Crippen LogP contribution in [0.15, 0.2) is 0 Å². The largest absolute Gasteiger partial charge is 0.455 e. The third-order valence-electron chi connectivity index (χ3n) is 1.81. The highest BCUT2D eigenvalue weighted by molar-refractivity contribution is 5.86. The SMILES string of the molecule is CCC(=O)[N-][N+](C)(C)CC(O)CC. The first-order valence-corrected chi connectivity index (χ1v) is 4.68. The maximum Gasteiger partial charge on any atom is 0.102 e. The number of aliphatic hydroxyl groups excluding tert-OH is 1. The predicted molar refractivity (Wildman–Crippen MR) is 51.9 cm³/mol. The number of nitrogens with zero attached hydrogens (tertiary/aromatic N) is 2. The van der Waals surface area contributed by atoms with Crippen LogP contribution in [0.3, 0.4) is 0 Å². The summed E-state index contributed by atoms with van der Waals surface area (Å²) < 4.78 is 0.210. The molecule has 0 aliphatic rings. The van der Waals surface area contributed by atoms with Crippen molar-refractivity contribution >= 4 is 5.91 Å². The minimum absolute atomic E-state index is 0.117. The second-order valence-corrected chi connectivity index (χ2v) is 3.71. The first-order valence-electron chi connectivity index (χ1n) is 4.68. The average molecular weight is 188 g/mol. The van der Waals surface area contributed by atoms with Crippen LogP contribution in [0.25, 0.3) is 5.43 Å². The quantitative estimate of drug-likeness (QED) is 0.518. The molecule has 0 aliphatic carbocycles. The standard InChI is InChI=1S/C9H20N2O2/c1-5-8(12)7-11(3,4)10-9(13)6-2/h8,12H,5-7H2,1-4H3. The van der Waals surface area contributed by atoms with E-state index in [2.05, 4.69) is 5.43 Å². The third-order valence-corrected chi connectivity index (χ3v) is 1.81. The summed E-state index contributed by atoms with van der Waals surface area (Å²) in [6.07, 6.45) is 0.727. The predicted octanol–water partition coefficient (Wildman–Crippen LogP) is 1.06. The van der Waals surface area contributed by atoms with Crippen molar-refractivity contribution in [3.05, 3.63) is 5.43 Å². The van der Waals surface area contributed by atoms with Gasteiger partial charge in [0.1, 0.15) is 6.10 Å². The van der Waals surface area contributed by atoms with E-state index in [4.69, 9.17) is 0 Å². The fraction of sp³-hybridized carbons (Fsp3) is 0.889. The van der Waals surface area contributed by atoms with Crippen molar-refractivity contribution in [1.29, 1.82) is 0 Å². The lowest BCUT2D eigenvalue weighted by molar-refractivity contribution is -0.852. The molecule has 78 valence electrons. The van der Waals surface area contributed by atoms with Crippen molar-refractivity contribution in [2.24, 2.45) is 0 Å². The molecule has 1 atom stereocenters. The Morgan fingerprint density at radius 1 is 1.46 bits per heavy atom. The molecule has 0 fully saturated rings. The Morgan fingerprint density at radius 2 is 2.00 bits per heavy atom. The van der Waals surface area contributed by atoms with E-state index in [1.54, 1.807) is 6.92 Å². The summed E-state index contributed by atoms with van der Waals surface area (Å²) in [7, 11) is 3.62. The Hall–Kier alpha value is -0.610. The molecule has 0 heterocycles. The fourth-order valence-corrected chi connectivity index (χ4v) is 1.06. The van der Waals surface area contributed by atoms with Gasteiger partial charge in [-0.1, -0.05) is 13.8 Å². The van der Waals surface area contributed by atoms with Crippen LogP contribution in [-0.4, -0.2) is 42.3 Å². The van der Waals surface area contributed by atoms with E-state index in [9.17, 15) is 9.90 Å². The molecule has 0 saturated carbocycles. The number of hydrogen-bond donors (Lipinski definition) is 1. The summed E-state index contributed by atoms with van der Waals surface area (Å²) >= 11 is 0. The summed E-state index contributed by atoms with van der Waals surface area (Å²) in [4.78, 5) is 11.0. The molecule has 0 rings (SSSR count). The molecule has 13 heavy (non-hydrogen) atoms. The highest BCUT2D eigenvalue weighted by Crippen LogP contribution is 2.11. The zero-order valence-electron chi connectivity index (χ0n) is 8.95. The molecule has 0 aromatic heterocycles.